The smallest absolute Gasteiger partial charge is 0.171 e. The fraction of sp³-hybridized carbons (Fsp3) is 0.562. The summed E-state index contributed by atoms with van der Waals surface area (Å²) < 4.78 is 0. The molecule has 1 aromatic rings. The summed E-state index contributed by atoms with van der Waals surface area (Å²) >= 11 is 11.6. The van der Waals surface area contributed by atoms with Crippen molar-refractivity contribution in [2.75, 3.05) is 23.3 Å². The van der Waals surface area contributed by atoms with Crippen molar-refractivity contribution in [3.63, 3.8) is 0 Å². The summed E-state index contributed by atoms with van der Waals surface area (Å²) in [6, 6.07) is 6.61. The Morgan fingerprint density at radius 1 is 1.14 bits per heavy atom. The predicted molar refractivity (Wildman–Crippen MR) is 94.5 cm³/mol. The first-order valence-corrected chi connectivity index (χ1v) is 8.63. The van der Waals surface area contributed by atoms with Gasteiger partial charge in [0.2, 0.25) is 0 Å². The Hall–Kier alpha value is -1.00. The molecule has 0 spiro atoms. The average molecular weight is 324 g/mol. The molecule has 2 N–H and O–H groups in total. The quantitative estimate of drug-likeness (QED) is 0.816. The van der Waals surface area contributed by atoms with Gasteiger partial charge >= 0.3 is 0 Å². The third-order valence-electron chi connectivity index (χ3n) is 4.07. The SMILES string of the molecule is S=C(Nc1cc(Cl)ccc1N1CCCCCC1)NC1CC1. The van der Waals surface area contributed by atoms with Gasteiger partial charge in [-0.05, 0) is 56.1 Å². The van der Waals surface area contributed by atoms with E-state index in [9.17, 15) is 0 Å². The molecule has 2 aliphatic rings. The molecule has 114 valence electrons. The van der Waals surface area contributed by atoms with E-state index in [1.165, 1.54) is 44.2 Å². The first-order chi connectivity index (χ1) is 10.2. The van der Waals surface area contributed by atoms with Gasteiger partial charge in [-0.2, -0.15) is 0 Å². The van der Waals surface area contributed by atoms with Gasteiger partial charge in [0.15, 0.2) is 5.11 Å². The van der Waals surface area contributed by atoms with Crippen LogP contribution in [0.5, 0.6) is 0 Å². The highest BCUT2D eigenvalue weighted by atomic mass is 35.5. The Labute approximate surface area is 137 Å². The maximum Gasteiger partial charge on any atom is 0.171 e. The summed E-state index contributed by atoms with van der Waals surface area (Å²) in [6.45, 7) is 2.22. The second kappa shape index (κ2) is 6.84. The van der Waals surface area contributed by atoms with E-state index >= 15 is 0 Å². The van der Waals surface area contributed by atoms with Crippen molar-refractivity contribution >= 4 is 40.3 Å². The third kappa shape index (κ3) is 4.24. The minimum Gasteiger partial charge on any atom is -0.370 e. The number of halogens is 1. The fourth-order valence-electron chi connectivity index (χ4n) is 2.77. The Balaban J connectivity index is 1.76. The summed E-state index contributed by atoms with van der Waals surface area (Å²) in [5.74, 6) is 0. The van der Waals surface area contributed by atoms with Crippen LogP contribution in [0, 0.1) is 0 Å². The number of nitrogens with zero attached hydrogens (tertiary/aromatic N) is 1. The molecule has 0 atom stereocenters. The average Bonchev–Trinajstić information content (AvgIpc) is 3.25. The van der Waals surface area contributed by atoms with Gasteiger partial charge in [-0.1, -0.05) is 24.4 Å². The van der Waals surface area contributed by atoms with E-state index in [2.05, 4.69) is 21.6 Å². The lowest BCUT2D eigenvalue weighted by molar-refractivity contribution is 0.726. The second-order valence-corrected chi connectivity index (χ2v) is 6.78. The molecule has 1 aliphatic heterocycles. The number of anilines is 2. The van der Waals surface area contributed by atoms with Crippen LogP contribution in [0.4, 0.5) is 11.4 Å². The largest absolute Gasteiger partial charge is 0.370 e. The molecule has 0 bridgehead atoms. The number of hydrogen-bond donors (Lipinski definition) is 2. The zero-order valence-corrected chi connectivity index (χ0v) is 13.8. The van der Waals surface area contributed by atoms with Crippen LogP contribution in [0.25, 0.3) is 0 Å². The molecule has 1 saturated carbocycles. The highest BCUT2D eigenvalue weighted by Gasteiger charge is 2.22. The number of hydrogen-bond acceptors (Lipinski definition) is 2. The highest BCUT2D eigenvalue weighted by molar-refractivity contribution is 7.80. The van der Waals surface area contributed by atoms with Crippen LogP contribution in [0.3, 0.4) is 0 Å². The van der Waals surface area contributed by atoms with Gasteiger partial charge in [-0.3, -0.25) is 0 Å². The molecule has 3 rings (SSSR count). The van der Waals surface area contributed by atoms with E-state index < -0.39 is 0 Å². The summed E-state index contributed by atoms with van der Waals surface area (Å²) in [7, 11) is 0. The molecular formula is C16H22ClN3S. The first kappa shape index (κ1) is 14.9. The van der Waals surface area contributed by atoms with Crippen molar-refractivity contribution < 1.29 is 0 Å². The molecule has 1 aromatic carbocycles. The monoisotopic (exact) mass is 323 g/mol. The molecule has 0 radical (unpaired) electrons. The lowest BCUT2D eigenvalue weighted by Crippen LogP contribution is -2.31. The molecule has 1 saturated heterocycles. The Morgan fingerprint density at radius 3 is 2.52 bits per heavy atom. The predicted octanol–water partition coefficient (Wildman–Crippen LogP) is 4.17. The molecule has 0 amide bonds. The molecule has 0 aromatic heterocycles. The third-order valence-corrected chi connectivity index (χ3v) is 4.52. The van der Waals surface area contributed by atoms with Crippen molar-refractivity contribution in [1.82, 2.24) is 5.32 Å². The van der Waals surface area contributed by atoms with E-state index in [1.54, 1.807) is 0 Å². The van der Waals surface area contributed by atoms with Crippen molar-refractivity contribution in [3.8, 4) is 0 Å². The van der Waals surface area contributed by atoms with Crippen LogP contribution >= 0.6 is 23.8 Å². The van der Waals surface area contributed by atoms with E-state index in [-0.39, 0.29) is 0 Å². The van der Waals surface area contributed by atoms with Gasteiger partial charge in [0.05, 0.1) is 11.4 Å². The summed E-state index contributed by atoms with van der Waals surface area (Å²) in [5, 5.41) is 8.10. The summed E-state index contributed by atoms with van der Waals surface area (Å²) in [4.78, 5) is 2.45. The minimum absolute atomic E-state index is 0.561. The molecule has 21 heavy (non-hydrogen) atoms. The maximum absolute atomic E-state index is 6.17. The zero-order valence-electron chi connectivity index (χ0n) is 12.2. The van der Waals surface area contributed by atoms with Crippen LogP contribution in [0.1, 0.15) is 38.5 Å². The molecule has 2 fully saturated rings. The van der Waals surface area contributed by atoms with Crippen molar-refractivity contribution in [2.24, 2.45) is 0 Å². The van der Waals surface area contributed by atoms with E-state index in [1.807, 2.05) is 12.1 Å². The Kier molecular flexibility index (Phi) is 4.86. The summed E-state index contributed by atoms with van der Waals surface area (Å²) in [6.07, 6.45) is 7.61. The molecule has 5 heteroatoms. The lowest BCUT2D eigenvalue weighted by atomic mass is 10.2. The molecule has 3 nitrogen and oxygen atoms in total. The van der Waals surface area contributed by atoms with Gasteiger partial charge in [-0.25, -0.2) is 0 Å². The van der Waals surface area contributed by atoms with Crippen LogP contribution in [0.15, 0.2) is 18.2 Å². The van der Waals surface area contributed by atoms with Crippen molar-refractivity contribution in [1.29, 1.82) is 0 Å². The molecule has 1 aliphatic carbocycles. The van der Waals surface area contributed by atoms with Gasteiger partial charge in [0.25, 0.3) is 0 Å². The number of thiocarbonyl (C=S) groups is 1. The maximum atomic E-state index is 6.17. The number of rotatable bonds is 3. The lowest BCUT2D eigenvalue weighted by Gasteiger charge is -2.26. The molecule has 1 heterocycles. The van der Waals surface area contributed by atoms with E-state index in [0.717, 1.165) is 23.8 Å². The van der Waals surface area contributed by atoms with Gasteiger partial charge in [-0.15, -0.1) is 0 Å². The van der Waals surface area contributed by atoms with Crippen LogP contribution < -0.4 is 15.5 Å². The summed E-state index contributed by atoms with van der Waals surface area (Å²) in [5.41, 5.74) is 2.23. The minimum atomic E-state index is 0.561. The topological polar surface area (TPSA) is 27.3 Å². The first-order valence-electron chi connectivity index (χ1n) is 7.84. The standard InChI is InChI=1S/C16H22ClN3S/c17-12-5-8-15(20-9-3-1-2-4-10-20)14(11-12)19-16(21)18-13-6-7-13/h5,8,11,13H,1-4,6-7,9-10H2,(H2,18,19,21). The van der Waals surface area contributed by atoms with E-state index in [4.69, 9.17) is 23.8 Å². The number of nitrogens with one attached hydrogen (secondary N) is 2. The fourth-order valence-corrected chi connectivity index (χ4v) is 3.22. The number of benzene rings is 1. The molecule has 0 unspecified atom stereocenters. The van der Waals surface area contributed by atoms with Crippen LogP contribution in [0.2, 0.25) is 5.02 Å². The van der Waals surface area contributed by atoms with Crippen molar-refractivity contribution in [3.05, 3.63) is 23.2 Å². The van der Waals surface area contributed by atoms with Crippen LogP contribution in [-0.2, 0) is 0 Å². The van der Waals surface area contributed by atoms with Gasteiger partial charge in [0.1, 0.15) is 0 Å². The van der Waals surface area contributed by atoms with Gasteiger partial charge in [0, 0.05) is 24.2 Å². The van der Waals surface area contributed by atoms with Crippen molar-refractivity contribution in [2.45, 2.75) is 44.6 Å². The Bertz CT molecular complexity index is 508. The Morgan fingerprint density at radius 2 is 1.86 bits per heavy atom. The zero-order chi connectivity index (χ0) is 14.7. The second-order valence-electron chi connectivity index (χ2n) is 5.94. The van der Waals surface area contributed by atoms with E-state index in [0.29, 0.717) is 11.2 Å². The van der Waals surface area contributed by atoms with Gasteiger partial charge < -0.3 is 15.5 Å². The normalized spacial score (nSPS) is 19.0. The van der Waals surface area contributed by atoms with Crippen LogP contribution in [-0.4, -0.2) is 24.2 Å². The highest BCUT2D eigenvalue weighted by Crippen LogP contribution is 2.31. The molecular weight excluding hydrogens is 302 g/mol.